The van der Waals surface area contributed by atoms with E-state index in [9.17, 15) is 4.79 Å². The Morgan fingerprint density at radius 2 is 2.05 bits per heavy atom. The summed E-state index contributed by atoms with van der Waals surface area (Å²) in [5, 5.41) is 12.2. The van der Waals surface area contributed by atoms with Crippen LogP contribution in [-0.2, 0) is 17.8 Å². The first-order valence-corrected chi connectivity index (χ1v) is 6.97. The van der Waals surface area contributed by atoms with Crippen LogP contribution >= 0.6 is 11.6 Å². The Hall–Kier alpha value is -2.38. The highest BCUT2D eigenvalue weighted by molar-refractivity contribution is 6.31. The van der Waals surface area contributed by atoms with Crippen LogP contribution in [0.15, 0.2) is 42.7 Å². The summed E-state index contributed by atoms with van der Waals surface area (Å²) in [6, 6.07) is 10.8. The van der Waals surface area contributed by atoms with Crippen LogP contribution in [0.3, 0.4) is 0 Å². The molecule has 0 saturated heterocycles. The van der Waals surface area contributed by atoms with E-state index in [0.717, 1.165) is 6.42 Å². The third-order valence-electron chi connectivity index (χ3n) is 3.07. The van der Waals surface area contributed by atoms with Gasteiger partial charge in [0.25, 0.3) is 5.91 Å². The standard InChI is InChI=1S/C16H14ClN3O/c1-2-12-5-7-20(8-6-12)11-16(21)19-15-9-14(17)4-3-13(15)10-18/h3-9H,2,11H2,1H3/p+1. The molecule has 1 aromatic carbocycles. The Bertz CT molecular complexity index is 690. The van der Waals surface area contributed by atoms with Crippen molar-refractivity contribution >= 4 is 23.2 Å². The number of nitriles is 1. The molecule has 5 heteroatoms. The molecule has 0 saturated carbocycles. The molecule has 0 spiro atoms. The molecular formula is C16H15ClN3O+. The number of carbonyl (C=O) groups is 1. The molecule has 4 nitrogen and oxygen atoms in total. The quantitative estimate of drug-likeness (QED) is 0.883. The van der Waals surface area contributed by atoms with Crippen LogP contribution < -0.4 is 9.88 Å². The molecule has 1 heterocycles. The summed E-state index contributed by atoms with van der Waals surface area (Å²) in [6.45, 7) is 2.26. The van der Waals surface area contributed by atoms with E-state index in [1.807, 2.05) is 30.6 Å². The van der Waals surface area contributed by atoms with E-state index in [4.69, 9.17) is 16.9 Å². The van der Waals surface area contributed by atoms with E-state index < -0.39 is 0 Å². The fourth-order valence-corrected chi connectivity index (χ4v) is 2.07. The number of benzene rings is 1. The van der Waals surface area contributed by atoms with Crippen LogP contribution in [0.5, 0.6) is 0 Å². The van der Waals surface area contributed by atoms with Crippen molar-refractivity contribution in [2.45, 2.75) is 19.9 Å². The van der Waals surface area contributed by atoms with E-state index in [1.54, 1.807) is 22.8 Å². The second-order valence-corrected chi connectivity index (χ2v) is 5.02. The van der Waals surface area contributed by atoms with Gasteiger partial charge in [0.05, 0.1) is 11.3 Å². The minimum absolute atomic E-state index is 0.182. The summed E-state index contributed by atoms with van der Waals surface area (Å²) in [4.78, 5) is 12.0. The van der Waals surface area contributed by atoms with Gasteiger partial charge in [-0.1, -0.05) is 18.5 Å². The fraction of sp³-hybridized carbons (Fsp3) is 0.188. The van der Waals surface area contributed by atoms with Crippen LogP contribution in [0, 0.1) is 11.3 Å². The van der Waals surface area contributed by atoms with Gasteiger partial charge in [-0.3, -0.25) is 4.79 Å². The van der Waals surface area contributed by atoms with Crippen molar-refractivity contribution < 1.29 is 9.36 Å². The Labute approximate surface area is 128 Å². The third kappa shape index (κ3) is 4.04. The van der Waals surface area contributed by atoms with Gasteiger partial charge in [0.1, 0.15) is 6.07 Å². The maximum absolute atomic E-state index is 12.0. The zero-order chi connectivity index (χ0) is 15.2. The maximum atomic E-state index is 12.0. The number of amides is 1. The highest BCUT2D eigenvalue weighted by atomic mass is 35.5. The number of halogens is 1. The lowest BCUT2D eigenvalue weighted by Crippen LogP contribution is -2.39. The summed E-state index contributed by atoms with van der Waals surface area (Å²) in [7, 11) is 0. The number of hydrogen-bond donors (Lipinski definition) is 1. The Kier molecular flexibility index (Phi) is 4.91. The molecule has 106 valence electrons. The molecule has 2 aromatic rings. The molecule has 0 aliphatic heterocycles. The van der Waals surface area contributed by atoms with E-state index in [2.05, 4.69) is 12.2 Å². The van der Waals surface area contributed by atoms with Crippen molar-refractivity contribution in [3.63, 3.8) is 0 Å². The molecule has 0 aliphatic carbocycles. The average molecular weight is 301 g/mol. The number of pyridine rings is 1. The normalized spacial score (nSPS) is 9.95. The lowest BCUT2D eigenvalue weighted by Gasteiger charge is -2.06. The van der Waals surface area contributed by atoms with Gasteiger partial charge in [-0.2, -0.15) is 9.83 Å². The molecule has 1 aromatic heterocycles. The van der Waals surface area contributed by atoms with Gasteiger partial charge in [-0.15, -0.1) is 0 Å². The zero-order valence-electron chi connectivity index (χ0n) is 11.6. The zero-order valence-corrected chi connectivity index (χ0v) is 12.4. The molecule has 0 atom stereocenters. The first kappa shape index (κ1) is 15.0. The van der Waals surface area contributed by atoms with Gasteiger partial charge < -0.3 is 5.32 Å². The van der Waals surface area contributed by atoms with Crippen LogP contribution in [0.4, 0.5) is 5.69 Å². The highest BCUT2D eigenvalue weighted by Crippen LogP contribution is 2.20. The number of anilines is 1. The van der Waals surface area contributed by atoms with Gasteiger partial charge in [0, 0.05) is 17.2 Å². The van der Waals surface area contributed by atoms with Gasteiger partial charge in [0.15, 0.2) is 12.4 Å². The molecule has 21 heavy (non-hydrogen) atoms. The molecule has 0 aliphatic rings. The topological polar surface area (TPSA) is 56.8 Å². The summed E-state index contributed by atoms with van der Waals surface area (Å²) >= 11 is 5.88. The maximum Gasteiger partial charge on any atom is 0.290 e. The van der Waals surface area contributed by atoms with Crippen LogP contribution in [0.2, 0.25) is 5.02 Å². The highest BCUT2D eigenvalue weighted by Gasteiger charge is 2.12. The van der Waals surface area contributed by atoms with Crippen LogP contribution in [0.1, 0.15) is 18.1 Å². The lowest BCUT2D eigenvalue weighted by molar-refractivity contribution is -0.684. The number of rotatable bonds is 4. The first-order valence-electron chi connectivity index (χ1n) is 6.60. The molecule has 0 fully saturated rings. The summed E-state index contributed by atoms with van der Waals surface area (Å²) in [6.07, 6.45) is 4.68. The van der Waals surface area contributed by atoms with E-state index in [0.29, 0.717) is 16.3 Å². The number of nitrogens with zero attached hydrogens (tertiary/aromatic N) is 2. The third-order valence-corrected chi connectivity index (χ3v) is 3.31. The number of hydrogen-bond acceptors (Lipinski definition) is 2. The van der Waals surface area contributed by atoms with Crippen LogP contribution in [-0.4, -0.2) is 5.91 Å². The van der Waals surface area contributed by atoms with Crippen LogP contribution in [0.25, 0.3) is 0 Å². The van der Waals surface area contributed by atoms with Gasteiger partial charge in [0.2, 0.25) is 6.54 Å². The lowest BCUT2D eigenvalue weighted by atomic mass is 10.2. The SMILES string of the molecule is CCc1cc[n+](CC(=O)Nc2cc(Cl)ccc2C#N)cc1. The Morgan fingerprint density at radius 1 is 1.33 bits per heavy atom. The van der Waals surface area contributed by atoms with E-state index in [1.165, 1.54) is 5.56 Å². The van der Waals surface area contributed by atoms with Crippen molar-refractivity contribution in [2.24, 2.45) is 0 Å². The van der Waals surface area contributed by atoms with Crippen molar-refractivity contribution in [3.05, 3.63) is 58.9 Å². The van der Waals surface area contributed by atoms with Gasteiger partial charge in [-0.25, -0.2) is 0 Å². The number of carbonyl (C=O) groups excluding carboxylic acids is 1. The number of aromatic nitrogens is 1. The molecule has 1 N–H and O–H groups in total. The summed E-state index contributed by atoms with van der Waals surface area (Å²) in [5.74, 6) is -0.206. The largest absolute Gasteiger partial charge is 0.319 e. The number of nitrogens with one attached hydrogen (secondary N) is 1. The first-order chi connectivity index (χ1) is 10.1. The van der Waals surface area contributed by atoms with Gasteiger partial charge in [-0.05, 0) is 30.2 Å². The predicted molar refractivity (Wildman–Crippen MR) is 80.8 cm³/mol. The van der Waals surface area contributed by atoms with Gasteiger partial charge >= 0.3 is 0 Å². The second-order valence-electron chi connectivity index (χ2n) is 4.58. The van der Waals surface area contributed by atoms with Crippen molar-refractivity contribution in [1.82, 2.24) is 0 Å². The van der Waals surface area contributed by atoms with E-state index >= 15 is 0 Å². The van der Waals surface area contributed by atoms with E-state index in [-0.39, 0.29) is 12.5 Å². The Morgan fingerprint density at radius 3 is 2.67 bits per heavy atom. The average Bonchev–Trinajstić information content (AvgIpc) is 2.48. The van der Waals surface area contributed by atoms with Crippen molar-refractivity contribution in [3.8, 4) is 6.07 Å². The second kappa shape index (κ2) is 6.87. The molecule has 2 rings (SSSR count). The number of aryl methyl sites for hydroxylation is 1. The summed E-state index contributed by atoms with van der Waals surface area (Å²) < 4.78 is 1.78. The molecule has 0 radical (unpaired) electrons. The molecule has 0 bridgehead atoms. The minimum Gasteiger partial charge on any atom is -0.319 e. The summed E-state index contributed by atoms with van der Waals surface area (Å²) in [5.41, 5.74) is 2.04. The smallest absolute Gasteiger partial charge is 0.290 e. The Balaban J connectivity index is 2.08. The monoisotopic (exact) mass is 300 g/mol. The van der Waals surface area contributed by atoms with Crippen molar-refractivity contribution in [1.29, 1.82) is 5.26 Å². The molecular weight excluding hydrogens is 286 g/mol. The minimum atomic E-state index is -0.206. The molecule has 0 unspecified atom stereocenters. The molecule has 1 amide bonds. The van der Waals surface area contributed by atoms with Crippen molar-refractivity contribution in [2.75, 3.05) is 5.32 Å². The fourth-order valence-electron chi connectivity index (χ4n) is 1.90. The predicted octanol–water partition coefficient (Wildman–Crippen LogP) is 2.70.